The summed E-state index contributed by atoms with van der Waals surface area (Å²) in [5, 5.41) is 29.9. The molecule has 0 aliphatic rings. The molecule has 1 heterocycles. The second kappa shape index (κ2) is 6.80. The molecule has 0 radical (unpaired) electrons. The molecule has 0 spiro atoms. The maximum absolute atomic E-state index is 10.2. The molecule has 5 nitrogen and oxygen atoms in total. The average molecular weight is 359 g/mol. The van der Waals surface area contributed by atoms with E-state index < -0.39 is 6.23 Å². The Bertz CT molecular complexity index is 902. The number of rotatable bonds is 4. The van der Waals surface area contributed by atoms with Crippen molar-refractivity contribution in [2.24, 2.45) is 5.73 Å². The van der Waals surface area contributed by atoms with E-state index in [-0.39, 0.29) is 16.5 Å². The zero-order valence-electron chi connectivity index (χ0n) is 13.6. The van der Waals surface area contributed by atoms with Gasteiger partial charge in [0.25, 0.3) is 0 Å². The van der Waals surface area contributed by atoms with Gasteiger partial charge in [-0.2, -0.15) is 0 Å². The average Bonchev–Trinajstić information content (AvgIpc) is 2.96. The molecule has 0 bridgehead atoms. The van der Waals surface area contributed by atoms with Crippen LogP contribution in [0.5, 0.6) is 11.5 Å². The van der Waals surface area contributed by atoms with Crippen LogP contribution in [0.2, 0.25) is 5.02 Å². The highest BCUT2D eigenvalue weighted by Gasteiger charge is 2.18. The molecular formula is C19H19ClN2O3. The number of aliphatic hydroxyl groups is 1. The first-order valence-electron chi connectivity index (χ1n) is 7.77. The third kappa shape index (κ3) is 3.49. The van der Waals surface area contributed by atoms with Crippen molar-refractivity contribution in [2.45, 2.75) is 19.7 Å². The van der Waals surface area contributed by atoms with E-state index in [2.05, 4.69) is 0 Å². The predicted molar refractivity (Wildman–Crippen MR) is 97.6 cm³/mol. The lowest BCUT2D eigenvalue weighted by atomic mass is 10.1. The zero-order valence-corrected chi connectivity index (χ0v) is 14.4. The van der Waals surface area contributed by atoms with Crippen LogP contribution in [0.1, 0.15) is 23.0 Å². The Kier molecular flexibility index (Phi) is 4.72. The van der Waals surface area contributed by atoms with Crippen LogP contribution in [0.3, 0.4) is 0 Å². The lowest BCUT2D eigenvalue weighted by Gasteiger charge is -2.16. The number of aryl methyl sites for hydroxylation is 1. The van der Waals surface area contributed by atoms with Crippen LogP contribution in [0.25, 0.3) is 11.3 Å². The minimum Gasteiger partial charge on any atom is -0.507 e. The van der Waals surface area contributed by atoms with Gasteiger partial charge in [-0.15, -0.1) is 0 Å². The molecule has 1 unspecified atom stereocenters. The molecule has 0 saturated heterocycles. The van der Waals surface area contributed by atoms with Crippen molar-refractivity contribution in [3.05, 3.63) is 70.4 Å². The minimum atomic E-state index is -1.16. The molecule has 0 saturated carbocycles. The summed E-state index contributed by atoms with van der Waals surface area (Å²) >= 11 is 5.99. The number of hydrogen-bond donors (Lipinski definition) is 4. The van der Waals surface area contributed by atoms with Gasteiger partial charge in [0.1, 0.15) is 17.7 Å². The third-order valence-electron chi connectivity index (χ3n) is 4.12. The number of benzene rings is 2. The van der Waals surface area contributed by atoms with Crippen molar-refractivity contribution in [3.8, 4) is 22.8 Å². The molecule has 1 aromatic heterocycles. The Balaban J connectivity index is 2.12. The fourth-order valence-corrected chi connectivity index (χ4v) is 2.95. The van der Waals surface area contributed by atoms with Crippen LogP contribution < -0.4 is 5.73 Å². The van der Waals surface area contributed by atoms with Gasteiger partial charge in [-0.1, -0.05) is 41.4 Å². The molecule has 6 heteroatoms. The lowest BCUT2D eigenvalue weighted by molar-refractivity contribution is 0.177. The van der Waals surface area contributed by atoms with Gasteiger partial charge in [0.15, 0.2) is 0 Å². The van der Waals surface area contributed by atoms with E-state index in [9.17, 15) is 15.3 Å². The van der Waals surface area contributed by atoms with Crippen LogP contribution in [-0.4, -0.2) is 19.9 Å². The van der Waals surface area contributed by atoms with Crippen LogP contribution in [0, 0.1) is 6.92 Å². The molecule has 2 aromatic carbocycles. The van der Waals surface area contributed by atoms with Gasteiger partial charge in [0, 0.05) is 18.2 Å². The Morgan fingerprint density at radius 2 is 1.72 bits per heavy atom. The number of nitrogens with two attached hydrogens (primary N) is 1. The van der Waals surface area contributed by atoms with Gasteiger partial charge in [-0.25, -0.2) is 0 Å². The topological polar surface area (TPSA) is 91.6 Å². The Labute approximate surface area is 150 Å². The molecule has 0 amide bonds. The van der Waals surface area contributed by atoms with Gasteiger partial charge in [-0.05, 0) is 30.7 Å². The zero-order chi connectivity index (χ0) is 18.1. The predicted octanol–water partition coefficient (Wildman–Crippen LogP) is 3.53. The Morgan fingerprint density at radius 1 is 1.04 bits per heavy atom. The Morgan fingerprint density at radius 3 is 2.36 bits per heavy atom. The van der Waals surface area contributed by atoms with Gasteiger partial charge in [0.2, 0.25) is 0 Å². The third-order valence-corrected chi connectivity index (χ3v) is 4.42. The van der Waals surface area contributed by atoms with E-state index >= 15 is 0 Å². The first kappa shape index (κ1) is 17.4. The first-order valence-corrected chi connectivity index (χ1v) is 8.15. The summed E-state index contributed by atoms with van der Waals surface area (Å²) in [7, 11) is 0. The number of phenolic OH excluding ortho intramolecular Hbond substituents is 2. The number of aromatic hydroxyl groups is 2. The summed E-state index contributed by atoms with van der Waals surface area (Å²) in [5.74, 6) is -0.304. The van der Waals surface area contributed by atoms with E-state index in [1.165, 1.54) is 12.1 Å². The monoisotopic (exact) mass is 358 g/mol. The maximum Gasteiger partial charge on any atom is 0.143 e. The first-order chi connectivity index (χ1) is 11.9. The second-order valence-electron chi connectivity index (χ2n) is 5.98. The maximum atomic E-state index is 10.2. The minimum absolute atomic E-state index is 0.108. The largest absolute Gasteiger partial charge is 0.507 e. The van der Waals surface area contributed by atoms with Gasteiger partial charge in [-0.3, -0.25) is 0 Å². The summed E-state index contributed by atoms with van der Waals surface area (Å²) in [6.07, 6.45) is -1.16. The molecule has 3 rings (SSSR count). The van der Waals surface area contributed by atoms with Crippen molar-refractivity contribution in [1.82, 2.24) is 4.57 Å². The number of nitrogens with zero attached hydrogens (tertiary/aromatic N) is 1. The highest BCUT2D eigenvalue weighted by Crippen LogP contribution is 2.38. The van der Waals surface area contributed by atoms with E-state index in [4.69, 9.17) is 17.3 Å². The summed E-state index contributed by atoms with van der Waals surface area (Å²) in [5.41, 5.74) is 9.45. The lowest BCUT2D eigenvalue weighted by Crippen LogP contribution is -2.16. The van der Waals surface area contributed by atoms with Crippen molar-refractivity contribution < 1.29 is 15.3 Å². The van der Waals surface area contributed by atoms with Gasteiger partial charge in [0.05, 0.1) is 16.4 Å². The standard InChI is InChI=1S/C19H19ClN2O3/c1-11-2-4-12(5-3-11)10-22-15(6-7-16(22)19(21)25)13-8-14(20)18(24)9-17(13)23/h2-9,19,23-25H,10,21H2,1H3. The van der Waals surface area contributed by atoms with Gasteiger partial charge >= 0.3 is 0 Å². The SMILES string of the molecule is Cc1ccc(Cn2c(-c3cc(Cl)c(O)cc3O)ccc2C(N)O)cc1. The summed E-state index contributed by atoms with van der Waals surface area (Å²) in [4.78, 5) is 0. The van der Waals surface area contributed by atoms with E-state index in [0.717, 1.165) is 11.1 Å². The summed E-state index contributed by atoms with van der Waals surface area (Å²) in [6, 6.07) is 14.1. The molecular weight excluding hydrogens is 340 g/mol. The number of aromatic nitrogens is 1. The van der Waals surface area contributed by atoms with Crippen LogP contribution >= 0.6 is 11.6 Å². The highest BCUT2D eigenvalue weighted by molar-refractivity contribution is 6.32. The highest BCUT2D eigenvalue weighted by atomic mass is 35.5. The number of halogens is 1. The number of hydrogen-bond acceptors (Lipinski definition) is 4. The van der Waals surface area contributed by atoms with E-state index in [1.54, 1.807) is 12.1 Å². The Hall–Kier alpha value is -2.47. The van der Waals surface area contributed by atoms with Crippen LogP contribution in [0.15, 0.2) is 48.5 Å². The molecule has 0 fully saturated rings. The molecule has 5 N–H and O–H groups in total. The van der Waals surface area contributed by atoms with E-state index in [0.29, 0.717) is 23.5 Å². The number of phenols is 2. The van der Waals surface area contributed by atoms with E-state index in [1.807, 2.05) is 35.8 Å². The van der Waals surface area contributed by atoms with Crippen molar-refractivity contribution in [3.63, 3.8) is 0 Å². The van der Waals surface area contributed by atoms with Crippen LogP contribution in [-0.2, 0) is 6.54 Å². The molecule has 0 aliphatic heterocycles. The summed E-state index contributed by atoms with van der Waals surface area (Å²) < 4.78 is 1.82. The normalized spacial score (nSPS) is 12.3. The van der Waals surface area contributed by atoms with Gasteiger partial charge < -0.3 is 25.6 Å². The fourth-order valence-electron chi connectivity index (χ4n) is 2.79. The number of aliphatic hydroxyl groups excluding tert-OH is 1. The summed E-state index contributed by atoms with van der Waals surface area (Å²) in [6.45, 7) is 2.47. The quantitative estimate of drug-likeness (QED) is 0.537. The van der Waals surface area contributed by atoms with Crippen molar-refractivity contribution >= 4 is 11.6 Å². The molecule has 1 atom stereocenters. The second-order valence-corrected chi connectivity index (χ2v) is 6.39. The molecule has 0 aliphatic carbocycles. The smallest absolute Gasteiger partial charge is 0.143 e. The van der Waals surface area contributed by atoms with Crippen molar-refractivity contribution in [1.29, 1.82) is 0 Å². The van der Waals surface area contributed by atoms with Crippen molar-refractivity contribution in [2.75, 3.05) is 0 Å². The molecule has 130 valence electrons. The molecule has 3 aromatic rings. The van der Waals surface area contributed by atoms with Crippen LogP contribution in [0.4, 0.5) is 0 Å². The fraction of sp³-hybridized carbons (Fsp3) is 0.158. The molecule has 25 heavy (non-hydrogen) atoms.